The fourth-order valence-corrected chi connectivity index (χ4v) is 5.44. The topological polar surface area (TPSA) is 32.8 Å². The summed E-state index contributed by atoms with van der Waals surface area (Å²) in [5, 5.41) is 0. The van der Waals surface area contributed by atoms with Crippen LogP contribution in [0.4, 0.5) is 45.6 Å². The Morgan fingerprint density at radius 1 is 1.07 bits per heavy atom. The van der Waals surface area contributed by atoms with Crippen molar-refractivity contribution in [1.82, 2.24) is 4.90 Å². The standard InChI is InChI=1S/C29H30F8N2O2/c1-16(2)39(15-18-10-20(28(32,33)34)13-21(11-18)29(35,36)37)24-6-5-9-38(26(40)41-17(3)4)25-14-23-19(12-22(24)25)7-8-27(23,30)31/h10-14,17,24H,1,5-9,15H2,2-4H3. The number of fused-ring (bicyclic) bond motifs is 2. The third-order valence-corrected chi connectivity index (χ3v) is 7.29. The molecule has 0 saturated heterocycles. The van der Waals surface area contributed by atoms with Gasteiger partial charge in [-0.2, -0.15) is 26.3 Å². The molecule has 1 unspecified atom stereocenters. The summed E-state index contributed by atoms with van der Waals surface area (Å²) in [4.78, 5) is 15.9. The number of hydrogen-bond acceptors (Lipinski definition) is 3. The normalized spacial score (nSPS) is 18.5. The lowest BCUT2D eigenvalue weighted by Crippen LogP contribution is -2.34. The Labute approximate surface area is 232 Å². The van der Waals surface area contributed by atoms with Gasteiger partial charge in [-0.15, -0.1) is 0 Å². The zero-order valence-electron chi connectivity index (χ0n) is 22.7. The first-order valence-corrected chi connectivity index (χ1v) is 13.1. The lowest BCUT2D eigenvalue weighted by molar-refractivity contribution is -0.143. The van der Waals surface area contributed by atoms with E-state index in [1.165, 1.54) is 11.0 Å². The quantitative estimate of drug-likeness (QED) is 0.326. The van der Waals surface area contributed by atoms with Crippen LogP contribution in [0.3, 0.4) is 0 Å². The Bertz CT molecular complexity index is 1300. The van der Waals surface area contributed by atoms with Crippen LogP contribution < -0.4 is 4.90 Å². The van der Waals surface area contributed by atoms with Crippen LogP contribution in [0, 0.1) is 0 Å². The largest absolute Gasteiger partial charge is 0.446 e. The number of ether oxygens (including phenoxy) is 1. The summed E-state index contributed by atoms with van der Waals surface area (Å²) in [5.74, 6) is -3.11. The van der Waals surface area contributed by atoms with E-state index in [9.17, 15) is 39.9 Å². The fourth-order valence-electron chi connectivity index (χ4n) is 5.44. The summed E-state index contributed by atoms with van der Waals surface area (Å²) >= 11 is 0. The second-order valence-corrected chi connectivity index (χ2v) is 10.8. The average molecular weight is 591 g/mol. The first-order valence-electron chi connectivity index (χ1n) is 13.1. The van der Waals surface area contributed by atoms with Gasteiger partial charge in [0.2, 0.25) is 0 Å². The van der Waals surface area contributed by atoms with E-state index in [0.29, 0.717) is 41.8 Å². The van der Waals surface area contributed by atoms with Crippen LogP contribution in [0.1, 0.15) is 79.5 Å². The van der Waals surface area contributed by atoms with Gasteiger partial charge in [-0.3, -0.25) is 4.90 Å². The molecular formula is C29H30F8N2O2. The number of halogens is 8. The van der Waals surface area contributed by atoms with Crippen molar-refractivity contribution in [2.24, 2.45) is 0 Å². The summed E-state index contributed by atoms with van der Waals surface area (Å²) in [6, 6.07) is 3.55. The van der Waals surface area contributed by atoms with E-state index in [0.717, 1.165) is 0 Å². The van der Waals surface area contributed by atoms with E-state index in [1.807, 2.05) is 0 Å². The predicted octanol–water partition coefficient (Wildman–Crippen LogP) is 8.98. The molecular weight excluding hydrogens is 560 g/mol. The highest BCUT2D eigenvalue weighted by Gasteiger charge is 2.42. The van der Waals surface area contributed by atoms with Crippen LogP contribution in [-0.4, -0.2) is 23.6 Å². The predicted molar refractivity (Wildman–Crippen MR) is 136 cm³/mol. The number of benzene rings is 2. The van der Waals surface area contributed by atoms with Gasteiger partial charge >= 0.3 is 18.4 Å². The van der Waals surface area contributed by atoms with Crippen molar-refractivity contribution in [2.75, 3.05) is 11.4 Å². The van der Waals surface area contributed by atoms with Crippen molar-refractivity contribution < 1.29 is 44.7 Å². The van der Waals surface area contributed by atoms with Crippen LogP contribution in [0.5, 0.6) is 0 Å². The van der Waals surface area contributed by atoms with Gasteiger partial charge in [0.1, 0.15) is 0 Å². The molecule has 0 fully saturated rings. The van der Waals surface area contributed by atoms with Gasteiger partial charge in [0, 0.05) is 30.8 Å². The first kappa shape index (κ1) is 30.6. The molecule has 1 atom stereocenters. The van der Waals surface area contributed by atoms with Gasteiger partial charge in [0.15, 0.2) is 0 Å². The van der Waals surface area contributed by atoms with Crippen molar-refractivity contribution in [1.29, 1.82) is 0 Å². The van der Waals surface area contributed by atoms with Crippen molar-refractivity contribution in [2.45, 2.75) is 83.4 Å². The molecule has 224 valence electrons. The number of carbonyl (C=O) groups excluding carboxylic acids is 1. The Morgan fingerprint density at radius 3 is 2.22 bits per heavy atom. The Balaban J connectivity index is 1.83. The van der Waals surface area contributed by atoms with Gasteiger partial charge in [-0.25, -0.2) is 13.6 Å². The Morgan fingerprint density at radius 2 is 1.68 bits per heavy atom. The second kappa shape index (κ2) is 10.8. The monoisotopic (exact) mass is 590 g/mol. The van der Waals surface area contributed by atoms with E-state index in [2.05, 4.69) is 6.58 Å². The molecule has 1 aliphatic heterocycles. The van der Waals surface area contributed by atoms with E-state index < -0.39 is 54.1 Å². The minimum atomic E-state index is -5.01. The number of hydrogen-bond donors (Lipinski definition) is 0. The van der Waals surface area contributed by atoms with E-state index >= 15 is 0 Å². The van der Waals surface area contributed by atoms with Crippen LogP contribution in [0.2, 0.25) is 0 Å². The average Bonchev–Trinajstić information content (AvgIpc) is 3.02. The highest BCUT2D eigenvalue weighted by atomic mass is 19.4. The van der Waals surface area contributed by atoms with Crippen LogP contribution in [0.15, 0.2) is 42.6 Å². The molecule has 0 N–H and O–H groups in total. The minimum Gasteiger partial charge on any atom is -0.446 e. The van der Waals surface area contributed by atoms with Gasteiger partial charge < -0.3 is 9.64 Å². The first-order chi connectivity index (χ1) is 18.9. The van der Waals surface area contributed by atoms with Crippen molar-refractivity contribution in [3.63, 3.8) is 0 Å². The van der Waals surface area contributed by atoms with E-state index in [-0.39, 0.29) is 42.4 Å². The molecule has 0 bridgehead atoms. The van der Waals surface area contributed by atoms with Gasteiger partial charge in [0.05, 0.1) is 29.0 Å². The third kappa shape index (κ3) is 6.46. The molecule has 12 heteroatoms. The second-order valence-electron chi connectivity index (χ2n) is 10.8. The number of rotatable bonds is 5. The number of allylic oxidation sites excluding steroid dienone is 1. The number of carbonyl (C=O) groups is 1. The molecule has 0 radical (unpaired) electrons. The minimum absolute atomic E-state index is 0.0667. The Hall–Kier alpha value is -3.31. The molecule has 1 aliphatic carbocycles. The molecule has 4 nitrogen and oxygen atoms in total. The maximum Gasteiger partial charge on any atom is 0.416 e. The molecule has 0 aromatic heterocycles. The van der Waals surface area contributed by atoms with Crippen molar-refractivity contribution in [3.05, 3.63) is 76.0 Å². The number of amides is 1. The molecule has 4 rings (SSSR count). The van der Waals surface area contributed by atoms with Gasteiger partial charge in [-0.05, 0) is 81.0 Å². The van der Waals surface area contributed by atoms with Crippen molar-refractivity contribution >= 4 is 11.8 Å². The summed E-state index contributed by atoms with van der Waals surface area (Å²) in [6.45, 7) is 8.52. The smallest absolute Gasteiger partial charge is 0.416 e. The molecule has 2 aliphatic rings. The van der Waals surface area contributed by atoms with Crippen LogP contribution in [0.25, 0.3) is 0 Å². The molecule has 41 heavy (non-hydrogen) atoms. The molecule has 2 aromatic rings. The van der Waals surface area contributed by atoms with Crippen LogP contribution in [-0.2, 0) is 36.0 Å². The zero-order chi connectivity index (χ0) is 30.5. The number of aryl methyl sites for hydroxylation is 1. The third-order valence-electron chi connectivity index (χ3n) is 7.29. The molecule has 1 heterocycles. The maximum atomic E-state index is 14.7. The summed E-state index contributed by atoms with van der Waals surface area (Å²) in [7, 11) is 0. The summed E-state index contributed by atoms with van der Waals surface area (Å²) in [6.07, 6.45) is -10.9. The Kier molecular flexibility index (Phi) is 8.09. The van der Waals surface area contributed by atoms with E-state index in [4.69, 9.17) is 4.74 Å². The molecule has 0 saturated carbocycles. The van der Waals surface area contributed by atoms with E-state index in [1.54, 1.807) is 31.7 Å². The fraction of sp³-hybridized carbons (Fsp3) is 0.483. The summed E-state index contributed by atoms with van der Waals surface area (Å²) in [5.41, 5.74) is -2.00. The molecule has 2 aromatic carbocycles. The van der Waals surface area contributed by atoms with Gasteiger partial charge in [0.25, 0.3) is 5.92 Å². The van der Waals surface area contributed by atoms with Crippen LogP contribution >= 0.6 is 0 Å². The lowest BCUT2D eigenvalue weighted by Gasteiger charge is -2.35. The molecule has 1 amide bonds. The number of nitrogens with zero attached hydrogens (tertiary/aromatic N) is 2. The number of alkyl halides is 8. The lowest BCUT2D eigenvalue weighted by atomic mass is 9.94. The van der Waals surface area contributed by atoms with Gasteiger partial charge in [-0.1, -0.05) is 12.6 Å². The highest BCUT2D eigenvalue weighted by Crippen LogP contribution is 2.48. The highest BCUT2D eigenvalue weighted by molar-refractivity contribution is 5.89. The van der Waals surface area contributed by atoms with Crippen molar-refractivity contribution in [3.8, 4) is 0 Å². The maximum absolute atomic E-state index is 14.7. The molecule has 0 spiro atoms. The zero-order valence-corrected chi connectivity index (χ0v) is 22.7. The SMILES string of the molecule is C=C(C)N(Cc1cc(C(F)(F)F)cc(C(F)(F)F)c1)C1CCCN(C(=O)OC(C)C)c2cc3c(cc21)CCC3(F)F. The number of anilines is 1. The summed E-state index contributed by atoms with van der Waals surface area (Å²) < 4.78 is 116.